The number of ether oxygens (including phenoxy) is 1. The van der Waals surface area contributed by atoms with Crippen molar-refractivity contribution in [2.75, 3.05) is 13.2 Å². The van der Waals surface area contributed by atoms with Crippen LogP contribution in [0, 0.1) is 11.3 Å². The number of pyridine rings is 1. The fourth-order valence-corrected chi connectivity index (χ4v) is 1.80. The fraction of sp³-hybridized carbons (Fsp3) is 0.500. The van der Waals surface area contributed by atoms with E-state index in [4.69, 9.17) is 10.00 Å². The summed E-state index contributed by atoms with van der Waals surface area (Å²) in [4.78, 5) is 4.03. The van der Waals surface area contributed by atoms with E-state index in [-0.39, 0.29) is 5.54 Å². The number of nitrogens with zero attached hydrogens (tertiary/aromatic N) is 2. The molecule has 0 amide bonds. The second-order valence-electron chi connectivity index (χ2n) is 4.34. The van der Waals surface area contributed by atoms with E-state index >= 15 is 0 Å². The Kier molecular flexibility index (Phi) is 3.18. The Balaban J connectivity index is 2.02. The summed E-state index contributed by atoms with van der Waals surface area (Å²) in [5.41, 5.74) is 1.47. The minimum atomic E-state index is 0.0303. The highest BCUT2D eigenvalue weighted by molar-refractivity contribution is 5.30. The Bertz CT molecular complexity index is 405. The van der Waals surface area contributed by atoms with Crippen molar-refractivity contribution in [2.45, 2.75) is 25.4 Å². The van der Waals surface area contributed by atoms with Gasteiger partial charge in [-0.1, -0.05) is 6.07 Å². The SMILES string of the molecule is CC1(NCc2cccnc2C#N)CCOC1. The topological polar surface area (TPSA) is 57.9 Å². The van der Waals surface area contributed by atoms with Crippen LogP contribution >= 0.6 is 0 Å². The predicted octanol–water partition coefficient (Wildman–Crippen LogP) is 1.22. The molecule has 1 saturated heterocycles. The Labute approximate surface area is 95.3 Å². The zero-order chi connectivity index (χ0) is 11.4. The van der Waals surface area contributed by atoms with Crippen molar-refractivity contribution in [1.82, 2.24) is 10.3 Å². The first-order valence-corrected chi connectivity index (χ1v) is 5.40. The molecule has 4 nitrogen and oxygen atoms in total. The van der Waals surface area contributed by atoms with Crippen LogP contribution in [-0.4, -0.2) is 23.7 Å². The molecule has 84 valence electrons. The van der Waals surface area contributed by atoms with Crippen LogP contribution < -0.4 is 5.32 Å². The van der Waals surface area contributed by atoms with E-state index in [9.17, 15) is 0 Å². The van der Waals surface area contributed by atoms with Crippen molar-refractivity contribution in [1.29, 1.82) is 5.26 Å². The standard InChI is InChI=1S/C12H15N3O/c1-12(4-6-16-9-12)15-8-10-3-2-5-14-11(10)7-13/h2-3,5,15H,4,6,8-9H2,1H3. The van der Waals surface area contributed by atoms with Crippen LogP contribution in [-0.2, 0) is 11.3 Å². The van der Waals surface area contributed by atoms with E-state index < -0.39 is 0 Å². The predicted molar refractivity (Wildman–Crippen MR) is 59.6 cm³/mol. The zero-order valence-corrected chi connectivity index (χ0v) is 9.36. The minimum Gasteiger partial charge on any atom is -0.379 e. The average molecular weight is 217 g/mol. The minimum absolute atomic E-state index is 0.0303. The van der Waals surface area contributed by atoms with Crippen LogP contribution in [0.25, 0.3) is 0 Å². The average Bonchev–Trinajstić information content (AvgIpc) is 2.74. The molecule has 0 bridgehead atoms. The van der Waals surface area contributed by atoms with Crippen LogP contribution in [0.2, 0.25) is 0 Å². The molecule has 0 saturated carbocycles. The molecule has 4 heteroatoms. The molecule has 1 atom stereocenters. The van der Waals surface area contributed by atoms with Gasteiger partial charge in [0.1, 0.15) is 11.8 Å². The Morgan fingerprint density at radius 2 is 2.56 bits per heavy atom. The molecule has 1 aliphatic heterocycles. The number of hydrogen-bond donors (Lipinski definition) is 1. The summed E-state index contributed by atoms with van der Waals surface area (Å²) < 4.78 is 5.36. The molecule has 1 aromatic rings. The van der Waals surface area contributed by atoms with Crippen molar-refractivity contribution in [3.05, 3.63) is 29.6 Å². The molecule has 1 aromatic heterocycles. The van der Waals surface area contributed by atoms with Gasteiger partial charge in [-0.15, -0.1) is 0 Å². The number of rotatable bonds is 3. The molecule has 0 aliphatic carbocycles. The van der Waals surface area contributed by atoms with Crippen LogP contribution in [0.3, 0.4) is 0 Å². The quantitative estimate of drug-likeness (QED) is 0.827. The lowest BCUT2D eigenvalue weighted by Gasteiger charge is -2.23. The third-order valence-electron chi connectivity index (χ3n) is 2.92. The molecule has 16 heavy (non-hydrogen) atoms. The molecular formula is C12H15N3O. The highest BCUT2D eigenvalue weighted by Crippen LogP contribution is 2.18. The molecule has 2 rings (SSSR count). The van der Waals surface area contributed by atoms with E-state index in [1.165, 1.54) is 0 Å². The molecule has 1 N–H and O–H groups in total. The summed E-state index contributed by atoms with van der Waals surface area (Å²) in [6.45, 7) is 4.34. The number of hydrogen-bond acceptors (Lipinski definition) is 4. The van der Waals surface area contributed by atoms with Gasteiger partial charge in [-0.3, -0.25) is 0 Å². The second-order valence-corrected chi connectivity index (χ2v) is 4.34. The molecule has 2 heterocycles. The first-order chi connectivity index (χ1) is 7.73. The Hall–Kier alpha value is -1.44. The van der Waals surface area contributed by atoms with Gasteiger partial charge in [0.25, 0.3) is 0 Å². The van der Waals surface area contributed by atoms with Gasteiger partial charge in [0.2, 0.25) is 0 Å². The van der Waals surface area contributed by atoms with Gasteiger partial charge in [0, 0.05) is 30.5 Å². The summed E-state index contributed by atoms with van der Waals surface area (Å²) in [5, 5.41) is 12.3. The summed E-state index contributed by atoms with van der Waals surface area (Å²) in [7, 11) is 0. The van der Waals surface area contributed by atoms with Gasteiger partial charge in [0.05, 0.1) is 6.61 Å². The van der Waals surface area contributed by atoms with Crippen molar-refractivity contribution in [2.24, 2.45) is 0 Å². The van der Waals surface area contributed by atoms with Crippen LogP contribution in [0.4, 0.5) is 0 Å². The van der Waals surface area contributed by atoms with Crippen LogP contribution in [0.1, 0.15) is 24.6 Å². The third-order valence-corrected chi connectivity index (χ3v) is 2.92. The van der Waals surface area contributed by atoms with E-state index in [0.29, 0.717) is 12.2 Å². The van der Waals surface area contributed by atoms with E-state index in [0.717, 1.165) is 25.2 Å². The van der Waals surface area contributed by atoms with Gasteiger partial charge in [0.15, 0.2) is 0 Å². The lowest BCUT2D eigenvalue weighted by molar-refractivity contribution is 0.171. The molecular weight excluding hydrogens is 202 g/mol. The lowest BCUT2D eigenvalue weighted by Crippen LogP contribution is -2.42. The molecule has 1 fully saturated rings. The largest absolute Gasteiger partial charge is 0.379 e. The van der Waals surface area contributed by atoms with Crippen LogP contribution in [0.5, 0.6) is 0 Å². The number of aromatic nitrogens is 1. The molecule has 1 aliphatic rings. The molecule has 0 spiro atoms. The highest BCUT2D eigenvalue weighted by Gasteiger charge is 2.28. The van der Waals surface area contributed by atoms with Crippen molar-refractivity contribution < 1.29 is 4.74 Å². The highest BCUT2D eigenvalue weighted by atomic mass is 16.5. The second kappa shape index (κ2) is 4.60. The summed E-state index contributed by atoms with van der Waals surface area (Å²) in [5.74, 6) is 0. The van der Waals surface area contributed by atoms with Crippen molar-refractivity contribution >= 4 is 0 Å². The lowest BCUT2D eigenvalue weighted by atomic mass is 10.0. The van der Waals surface area contributed by atoms with Gasteiger partial charge >= 0.3 is 0 Å². The summed E-state index contributed by atoms with van der Waals surface area (Å²) in [6.07, 6.45) is 2.65. The van der Waals surface area contributed by atoms with Gasteiger partial charge in [-0.2, -0.15) is 5.26 Å². The number of nitrogens with one attached hydrogen (secondary N) is 1. The van der Waals surface area contributed by atoms with E-state index in [2.05, 4.69) is 23.3 Å². The first-order valence-electron chi connectivity index (χ1n) is 5.40. The molecule has 0 radical (unpaired) electrons. The van der Waals surface area contributed by atoms with Gasteiger partial charge in [-0.05, 0) is 19.4 Å². The smallest absolute Gasteiger partial charge is 0.144 e. The number of nitriles is 1. The Morgan fingerprint density at radius 3 is 3.25 bits per heavy atom. The monoisotopic (exact) mass is 217 g/mol. The van der Waals surface area contributed by atoms with E-state index in [1.54, 1.807) is 6.20 Å². The normalized spacial score (nSPS) is 24.2. The van der Waals surface area contributed by atoms with Gasteiger partial charge < -0.3 is 10.1 Å². The first kappa shape index (κ1) is 11.1. The van der Waals surface area contributed by atoms with Crippen molar-refractivity contribution in [3.63, 3.8) is 0 Å². The maximum absolute atomic E-state index is 8.91. The summed E-state index contributed by atoms with van der Waals surface area (Å²) >= 11 is 0. The van der Waals surface area contributed by atoms with Crippen molar-refractivity contribution in [3.8, 4) is 6.07 Å². The maximum atomic E-state index is 8.91. The Morgan fingerprint density at radius 1 is 1.69 bits per heavy atom. The molecule has 0 aromatic carbocycles. The molecule has 1 unspecified atom stereocenters. The fourth-order valence-electron chi connectivity index (χ4n) is 1.80. The van der Waals surface area contributed by atoms with E-state index in [1.807, 2.05) is 12.1 Å². The van der Waals surface area contributed by atoms with Gasteiger partial charge in [-0.25, -0.2) is 4.98 Å². The zero-order valence-electron chi connectivity index (χ0n) is 9.36. The maximum Gasteiger partial charge on any atom is 0.144 e. The third kappa shape index (κ3) is 2.38. The van der Waals surface area contributed by atoms with Crippen LogP contribution in [0.15, 0.2) is 18.3 Å². The summed E-state index contributed by atoms with van der Waals surface area (Å²) in [6, 6.07) is 5.88.